The zero-order valence-electron chi connectivity index (χ0n) is 11.6. The lowest BCUT2D eigenvalue weighted by Gasteiger charge is -2.27. The number of nitrogens with zero attached hydrogens (tertiary/aromatic N) is 1. The molecular formula is C15H21NO2. The molecule has 1 heterocycles. The normalized spacial score (nSPS) is 22.4. The molecule has 0 saturated carbocycles. The highest BCUT2D eigenvalue weighted by Gasteiger charge is 2.25. The van der Waals surface area contributed by atoms with E-state index in [1.165, 1.54) is 17.7 Å². The summed E-state index contributed by atoms with van der Waals surface area (Å²) in [5.41, 5.74) is 3.79. The molecule has 0 saturated heterocycles. The van der Waals surface area contributed by atoms with E-state index in [-0.39, 0.29) is 5.97 Å². The Labute approximate surface area is 109 Å². The van der Waals surface area contributed by atoms with E-state index in [2.05, 4.69) is 18.8 Å². The minimum atomic E-state index is -0.254. The van der Waals surface area contributed by atoms with Crippen LogP contribution in [0.5, 0.6) is 0 Å². The molecule has 0 spiro atoms. The van der Waals surface area contributed by atoms with E-state index in [0.29, 0.717) is 24.0 Å². The summed E-state index contributed by atoms with van der Waals surface area (Å²) >= 11 is 0. The SMILES string of the molecule is CCOC(=O)c1cc2c(nc1C)C(C)CC(C)C2. The molecule has 98 valence electrons. The molecule has 0 radical (unpaired) electrons. The first-order valence-electron chi connectivity index (χ1n) is 6.70. The third kappa shape index (κ3) is 2.40. The van der Waals surface area contributed by atoms with E-state index >= 15 is 0 Å². The molecule has 1 aliphatic rings. The topological polar surface area (TPSA) is 39.2 Å². The van der Waals surface area contributed by atoms with Gasteiger partial charge < -0.3 is 4.74 Å². The summed E-state index contributed by atoms with van der Waals surface area (Å²) in [5, 5.41) is 0. The van der Waals surface area contributed by atoms with Crippen LogP contribution in [0.1, 0.15) is 60.4 Å². The van der Waals surface area contributed by atoms with E-state index in [0.717, 1.165) is 12.1 Å². The Bertz CT molecular complexity index is 468. The van der Waals surface area contributed by atoms with E-state index in [1.807, 2.05) is 19.9 Å². The third-order valence-electron chi connectivity index (χ3n) is 3.61. The lowest BCUT2D eigenvalue weighted by molar-refractivity contribution is 0.0524. The molecule has 0 bridgehead atoms. The smallest absolute Gasteiger partial charge is 0.339 e. The first kappa shape index (κ1) is 13.1. The van der Waals surface area contributed by atoms with Crippen LogP contribution in [0.3, 0.4) is 0 Å². The van der Waals surface area contributed by atoms with Gasteiger partial charge in [-0.3, -0.25) is 4.98 Å². The van der Waals surface area contributed by atoms with Gasteiger partial charge in [0.25, 0.3) is 0 Å². The van der Waals surface area contributed by atoms with Crippen LogP contribution in [0.2, 0.25) is 0 Å². The van der Waals surface area contributed by atoms with Crippen LogP contribution in [-0.2, 0) is 11.2 Å². The summed E-state index contributed by atoms with van der Waals surface area (Å²) in [6.45, 7) is 8.58. The minimum absolute atomic E-state index is 0.254. The number of hydrogen-bond donors (Lipinski definition) is 0. The number of pyridine rings is 1. The van der Waals surface area contributed by atoms with Crippen molar-refractivity contribution in [3.05, 3.63) is 28.6 Å². The fourth-order valence-electron chi connectivity index (χ4n) is 2.84. The van der Waals surface area contributed by atoms with Gasteiger partial charge in [-0.25, -0.2) is 4.79 Å². The number of rotatable bonds is 2. The Hall–Kier alpha value is -1.38. The van der Waals surface area contributed by atoms with Crippen molar-refractivity contribution in [1.82, 2.24) is 4.98 Å². The Kier molecular flexibility index (Phi) is 3.69. The Morgan fingerprint density at radius 2 is 2.22 bits per heavy atom. The lowest BCUT2D eigenvalue weighted by Crippen LogP contribution is -2.19. The van der Waals surface area contributed by atoms with Crippen molar-refractivity contribution in [3.8, 4) is 0 Å². The zero-order chi connectivity index (χ0) is 13.3. The highest BCUT2D eigenvalue weighted by atomic mass is 16.5. The summed E-state index contributed by atoms with van der Waals surface area (Å²) in [6, 6.07) is 1.99. The summed E-state index contributed by atoms with van der Waals surface area (Å²) in [7, 11) is 0. The average Bonchev–Trinajstić information content (AvgIpc) is 2.29. The molecule has 3 nitrogen and oxygen atoms in total. The number of esters is 1. The molecule has 2 rings (SSSR count). The van der Waals surface area contributed by atoms with Crippen LogP contribution in [0, 0.1) is 12.8 Å². The molecule has 0 aromatic carbocycles. The Balaban J connectivity index is 2.41. The molecule has 0 amide bonds. The first-order valence-corrected chi connectivity index (χ1v) is 6.70. The number of ether oxygens (including phenoxy) is 1. The third-order valence-corrected chi connectivity index (χ3v) is 3.61. The van der Waals surface area contributed by atoms with Crippen molar-refractivity contribution in [2.24, 2.45) is 5.92 Å². The van der Waals surface area contributed by atoms with Gasteiger partial charge in [-0.05, 0) is 50.2 Å². The molecule has 3 heteroatoms. The number of hydrogen-bond acceptors (Lipinski definition) is 3. The van der Waals surface area contributed by atoms with E-state index in [1.54, 1.807) is 0 Å². The van der Waals surface area contributed by atoms with Gasteiger partial charge in [-0.1, -0.05) is 13.8 Å². The van der Waals surface area contributed by atoms with E-state index in [4.69, 9.17) is 4.74 Å². The molecule has 18 heavy (non-hydrogen) atoms. The monoisotopic (exact) mass is 247 g/mol. The number of carbonyl (C=O) groups is 1. The van der Waals surface area contributed by atoms with Gasteiger partial charge in [0.1, 0.15) is 0 Å². The average molecular weight is 247 g/mol. The zero-order valence-corrected chi connectivity index (χ0v) is 11.6. The fraction of sp³-hybridized carbons (Fsp3) is 0.600. The Morgan fingerprint density at radius 1 is 1.50 bits per heavy atom. The maximum atomic E-state index is 11.9. The second-order valence-electron chi connectivity index (χ2n) is 5.33. The number of aryl methyl sites for hydroxylation is 1. The van der Waals surface area contributed by atoms with E-state index in [9.17, 15) is 4.79 Å². The summed E-state index contributed by atoms with van der Waals surface area (Å²) < 4.78 is 5.07. The molecule has 1 aromatic rings. The lowest BCUT2D eigenvalue weighted by atomic mass is 9.81. The molecule has 1 aromatic heterocycles. The van der Waals surface area contributed by atoms with Crippen LogP contribution in [0.15, 0.2) is 6.07 Å². The van der Waals surface area contributed by atoms with Gasteiger partial charge >= 0.3 is 5.97 Å². The van der Waals surface area contributed by atoms with Crippen molar-refractivity contribution >= 4 is 5.97 Å². The van der Waals surface area contributed by atoms with Gasteiger partial charge in [0.2, 0.25) is 0 Å². The van der Waals surface area contributed by atoms with Crippen molar-refractivity contribution < 1.29 is 9.53 Å². The Morgan fingerprint density at radius 3 is 2.89 bits per heavy atom. The van der Waals surface area contributed by atoms with Gasteiger partial charge in [-0.2, -0.15) is 0 Å². The predicted octanol–water partition coefficient (Wildman–Crippen LogP) is 3.25. The maximum absolute atomic E-state index is 11.9. The highest BCUT2D eigenvalue weighted by molar-refractivity contribution is 5.90. The second kappa shape index (κ2) is 5.09. The van der Waals surface area contributed by atoms with Crippen molar-refractivity contribution in [1.29, 1.82) is 0 Å². The molecule has 2 unspecified atom stereocenters. The fourth-order valence-corrected chi connectivity index (χ4v) is 2.84. The molecule has 0 fully saturated rings. The quantitative estimate of drug-likeness (QED) is 0.753. The predicted molar refractivity (Wildman–Crippen MR) is 70.8 cm³/mol. The number of aromatic nitrogens is 1. The number of fused-ring (bicyclic) bond motifs is 1. The molecule has 2 atom stereocenters. The minimum Gasteiger partial charge on any atom is -0.462 e. The van der Waals surface area contributed by atoms with Gasteiger partial charge in [0, 0.05) is 5.69 Å². The number of carbonyl (C=O) groups excluding carboxylic acids is 1. The van der Waals surface area contributed by atoms with Gasteiger partial charge in [0.05, 0.1) is 17.9 Å². The van der Waals surface area contributed by atoms with Crippen molar-refractivity contribution in [2.45, 2.75) is 46.5 Å². The van der Waals surface area contributed by atoms with Crippen LogP contribution in [0.25, 0.3) is 0 Å². The van der Waals surface area contributed by atoms with Crippen molar-refractivity contribution in [2.75, 3.05) is 6.61 Å². The van der Waals surface area contributed by atoms with Gasteiger partial charge in [-0.15, -0.1) is 0 Å². The summed E-state index contributed by atoms with van der Waals surface area (Å²) in [5.74, 6) is 0.891. The summed E-state index contributed by atoms with van der Waals surface area (Å²) in [4.78, 5) is 16.5. The van der Waals surface area contributed by atoms with Crippen LogP contribution in [0.4, 0.5) is 0 Å². The highest BCUT2D eigenvalue weighted by Crippen LogP contribution is 2.34. The molecule has 0 aliphatic heterocycles. The maximum Gasteiger partial charge on any atom is 0.339 e. The van der Waals surface area contributed by atoms with Crippen molar-refractivity contribution in [3.63, 3.8) is 0 Å². The molecular weight excluding hydrogens is 226 g/mol. The second-order valence-corrected chi connectivity index (χ2v) is 5.33. The first-order chi connectivity index (χ1) is 8.52. The van der Waals surface area contributed by atoms with Gasteiger partial charge in [0.15, 0.2) is 0 Å². The van der Waals surface area contributed by atoms with E-state index < -0.39 is 0 Å². The standard InChI is InChI=1S/C15H21NO2/c1-5-18-15(17)13-8-12-7-9(2)6-10(3)14(12)16-11(13)4/h8-10H,5-7H2,1-4H3. The molecule has 0 N–H and O–H groups in total. The van der Waals surface area contributed by atoms with Crippen LogP contribution < -0.4 is 0 Å². The summed E-state index contributed by atoms with van der Waals surface area (Å²) in [6.07, 6.45) is 2.19. The van der Waals surface area contributed by atoms with Crippen LogP contribution >= 0.6 is 0 Å². The van der Waals surface area contributed by atoms with Crippen LogP contribution in [-0.4, -0.2) is 17.6 Å². The largest absolute Gasteiger partial charge is 0.462 e. The molecule has 1 aliphatic carbocycles.